The van der Waals surface area contributed by atoms with Gasteiger partial charge in [-0.05, 0) is 11.6 Å². The summed E-state index contributed by atoms with van der Waals surface area (Å²) in [5, 5.41) is 25.1. The van der Waals surface area contributed by atoms with Gasteiger partial charge in [0.1, 0.15) is 29.4 Å². The topological polar surface area (TPSA) is 185 Å². The molecular formula is C17H17N5O7S2. The van der Waals surface area contributed by atoms with Crippen LogP contribution in [-0.2, 0) is 23.9 Å². The van der Waals surface area contributed by atoms with Crippen LogP contribution in [0, 0.1) is 0 Å². The summed E-state index contributed by atoms with van der Waals surface area (Å²) in [6.45, 7) is 1.22. The summed E-state index contributed by atoms with van der Waals surface area (Å²) in [5.74, 6) is -2.99. The first-order valence-corrected chi connectivity index (χ1v) is 10.6. The third-order valence-electron chi connectivity index (χ3n) is 4.27. The Morgan fingerprint density at radius 3 is 2.81 bits per heavy atom. The number of thioether (sulfide) groups is 1. The maximum absolute atomic E-state index is 12.6. The van der Waals surface area contributed by atoms with Crippen molar-refractivity contribution in [2.45, 2.75) is 18.3 Å². The molecule has 164 valence electrons. The van der Waals surface area contributed by atoms with E-state index in [1.165, 1.54) is 36.2 Å². The number of nitrogens with two attached hydrogens (primary N) is 1. The van der Waals surface area contributed by atoms with Gasteiger partial charge in [0.2, 0.25) is 0 Å². The maximum Gasteiger partial charge on any atom is 0.352 e. The van der Waals surface area contributed by atoms with Crippen LogP contribution in [0.3, 0.4) is 0 Å². The number of oxime groups is 1. The number of fused-ring (bicyclic) bond motifs is 1. The highest BCUT2D eigenvalue weighted by Gasteiger charge is 2.54. The Bertz CT molecular complexity index is 1030. The molecule has 5 N–H and O–H groups in total. The first kappa shape index (κ1) is 22.3. The van der Waals surface area contributed by atoms with Crippen molar-refractivity contribution in [2.24, 2.45) is 5.16 Å². The molecule has 1 fully saturated rings. The molecule has 2 atom stereocenters. The van der Waals surface area contributed by atoms with Crippen molar-refractivity contribution < 1.29 is 34.2 Å². The Labute approximate surface area is 183 Å². The average Bonchev–Trinajstić information content (AvgIpc) is 3.14. The van der Waals surface area contributed by atoms with E-state index in [0.717, 1.165) is 16.2 Å². The number of allylic oxidation sites excluding steroid dienone is 1. The minimum Gasteiger partial charge on any atom is -0.477 e. The summed E-state index contributed by atoms with van der Waals surface area (Å²) in [6, 6.07) is -1.01. The van der Waals surface area contributed by atoms with E-state index in [1.54, 1.807) is 0 Å². The molecule has 2 aliphatic heterocycles. The number of esters is 1. The third kappa shape index (κ3) is 4.54. The van der Waals surface area contributed by atoms with Gasteiger partial charge in [0, 0.05) is 18.1 Å². The van der Waals surface area contributed by atoms with Gasteiger partial charge in [-0.2, -0.15) is 0 Å². The fourth-order valence-corrected chi connectivity index (χ4v) is 4.81. The largest absolute Gasteiger partial charge is 0.477 e. The Morgan fingerprint density at radius 2 is 2.23 bits per heavy atom. The van der Waals surface area contributed by atoms with E-state index in [-0.39, 0.29) is 28.9 Å². The monoisotopic (exact) mass is 467 g/mol. The van der Waals surface area contributed by atoms with E-state index in [1.807, 2.05) is 0 Å². The van der Waals surface area contributed by atoms with Crippen LogP contribution in [0.2, 0.25) is 0 Å². The van der Waals surface area contributed by atoms with Gasteiger partial charge in [-0.25, -0.2) is 9.78 Å². The molecule has 0 bridgehead atoms. The molecule has 3 rings (SSSR count). The van der Waals surface area contributed by atoms with Crippen molar-refractivity contribution >= 4 is 57.7 Å². The highest BCUT2D eigenvalue weighted by Crippen LogP contribution is 2.40. The minimum absolute atomic E-state index is 0.0309. The molecule has 0 radical (unpaired) electrons. The lowest BCUT2D eigenvalue weighted by Crippen LogP contribution is -2.71. The van der Waals surface area contributed by atoms with Crippen LogP contribution in [0.5, 0.6) is 0 Å². The van der Waals surface area contributed by atoms with Crippen molar-refractivity contribution in [2.75, 3.05) is 18.1 Å². The molecule has 0 spiro atoms. The number of amides is 2. The van der Waals surface area contributed by atoms with Crippen LogP contribution in [0.4, 0.5) is 5.13 Å². The highest BCUT2D eigenvalue weighted by atomic mass is 32.2. The lowest BCUT2D eigenvalue weighted by molar-refractivity contribution is -0.150. The zero-order valence-electron chi connectivity index (χ0n) is 16.0. The predicted molar refractivity (Wildman–Crippen MR) is 110 cm³/mol. The van der Waals surface area contributed by atoms with E-state index in [0.29, 0.717) is 5.57 Å². The van der Waals surface area contributed by atoms with Gasteiger partial charge in [0.05, 0.1) is 0 Å². The number of ether oxygens (including phenoxy) is 1. The fourth-order valence-electron chi connectivity index (χ4n) is 2.95. The number of nitrogen functional groups attached to an aromatic ring is 1. The number of carbonyl (C=O) groups is 4. The van der Waals surface area contributed by atoms with E-state index in [2.05, 4.69) is 15.5 Å². The van der Waals surface area contributed by atoms with E-state index < -0.39 is 40.9 Å². The number of hydrogen-bond donors (Lipinski definition) is 4. The van der Waals surface area contributed by atoms with Gasteiger partial charge in [0.25, 0.3) is 11.8 Å². The van der Waals surface area contributed by atoms with Crippen LogP contribution in [0.15, 0.2) is 34.0 Å². The van der Waals surface area contributed by atoms with Crippen LogP contribution in [0.1, 0.15) is 12.6 Å². The van der Waals surface area contributed by atoms with E-state index in [9.17, 15) is 29.5 Å². The lowest BCUT2D eigenvalue weighted by atomic mass is 10.0. The van der Waals surface area contributed by atoms with Gasteiger partial charge in [0.15, 0.2) is 10.8 Å². The summed E-state index contributed by atoms with van der Waals surface area (Å²) >= 11 is 2.30. The van der Waals surface area contributed by atoms with Gasteiger partial charge < -0.3 is 26.1 Å². The molecule has 1 aromatic rings. The Balaban J connectivity index is 1.74. The number of hydrogen-bond acceptors (Lipinski definition) is 11. The molecule has 2 amide bonds. The molecule has 0 saturated carbocycles. The summed E-state index contributed by atoms with van der Waals surface area (Å²) in [5.41, 5.74) is 5.32. The van der Waals surface area contributed by atoms with Crippen LogP contribution >= 0.6 is 23.1 Å². The number of nitrogens with zero attached hydrogens (tertiary/aromatic N) is 3. The van der Waals surface area contributed by atoms with Crippen molar-refractivity contribution in [3.63, 3.8) is 0 Å². The minimum atomic E-state index is -1.30. The molecule has 14 heteroatoms. The lowest BCUT2D eigenvalue weighted by Gasteiger charge is -2.49. The molecule has 12 nitrogen and oxygen atoms in total. The molecule has 2 aliphatic rings. The number of aliphatic carboxylic acids is 1. The van der Waals surface area contributed by atoms with Crippen molar-refractivity contribution in [1.82, 2.24) is 15.2 Å². The number of carbonyl (C=O) groups excluding carboxylic acids is 3. The van der Waals surface area contributed by atoms with Crippen molar-refractivity contribution in [3.05, 3.63) is 34.5 Å². The zero-order valence-corrected chi connectivity index (χ0v) is 17.6. The number of carboxylic acid groups (broad SMARTS) is 1. The standard InChI is InChI=1S/C17H17N5O7S2/c1-7(23)29-4-2-3-8-5-30-15-11(14(25)22(15)12(8)16(26)27)20-13(24)10(21-28)9-6-31-17(18)19-9/h2-3,6,11,15,28H,4-5H2,1H3,(H2,18,19)(H,20,24)(H,26,27)/b3-2+,21-10+/t11?,15-/m1/s1. The predicted octanol–water partition coefficient (Wildman–Crippen LogP) is -0.238. The first-order valence-electron chi connectivity index (χ1n) is 8.70. The molecule has 0 aromatic carbocycles. The van der Waals surface area contributed by atoms with E-state index >= 15 is 0 Å². The SMILES string of the molecule is CC(=O)OC/C=C/C1=C(C(=O)O)N2C(=O)C(NC(=O)/C(=N/O)c3csc(N)n3)[C@H]2SC1. The fraction of sp³-hybridized carbons (Fsp3) is 0.294. The number of β-lactam (4-membered cyclic amide) rings is 1. The number of aromatic nitrogens is 1. The number of nitrogens with one attached hydrogen (secondary N) is 1. The molecule has 1 saturated heterocycles. The summed E-state index contributed by atoms with van der Waals surface area (Å²) in [6.07, 6.45) is 2.96. The molecule has 1 aromatic heterocycles. The molecule has 1 unspecified atom stereocenters. The summed E-state index contributed by atoms with van der Waals surface area (Å²) in [4.78, 5) is 52.7. The smallest absolute Gasteiger partial charge is 0.352 e. The third-order valence-corrected chi connectivity index (χ3v) is 6.24. The second kappa shape index (κ2) is 9.18. The number of anilines is 1. The van der Waals surface area contributed by atoms with Gasteiger partial charge in [-0.3, -0.25) is 19.3 Å². The van der Waals surface area contributed by atoms with Crippen LogP contribution in [0.25, 0.3) is 0 Å². The molecule has 3 heterocycles. The first-order chi connectivity index (χ1) is 14.7. The molecule has 0 aliphatic carbocycles. The quantitative estimate of drug-likeness (QED) is 0.137. The normalized spacial score (nSPS) is 21.0. The zero-order chi connectivity index (χ0) is 22.7. The molecular weight excluding hydrogens is 450 g/mol. The number of carboxylic acids is 1. The summed E-state index contributed by atoms with van der Waals surface area (Å²) in [7, 11) is 0. The molecule has 31 heavy (non-hydrogen) atoms. The van der Waals surface area contributed by atoms with Crippen molar-refractivity contribution in [3.8, 4) is 0 Å². The second-order valence-electron chi connectivity index (χ2n) is 6.26. The highest BCUT2D eigenvalue weighted by molar-refractivity contribution is 8.00. The maximum atomic E-state index is 12.6. The Kier molecular flexibility index (Phi) is 6.60. The summed E-state index contributed by atoms with van der Waals surface area (Å²) < 4.78 is 4.77. The van der Waals surface area contributed by atoms with Gasteiger partial charge in [-0.1, -0.05) is 11.2 Å². The van der Waals surface area contributed by atoms with Crippen molar-refractivity contribution in [1.29, 1.82) is 0 Å². The van der Waals surface area contributed by atoms with Crippen LogP contribution in [-0.4, -0.2) is 73.4 Å². The van der Waals surface area contributed by atoms with Gasteiger partial charge >= 0.3 is 11.9 Å². The Morgan fingerprint density at radius 1 is 1.48 bits per heavy atom. The number of rotatable bonds is 7. The Hall–Kier alpha value is -3.39. The second-order valence-corrected chi connectivity index (χ2v) is 8.26. The number of thiazole rings is 1. The van der Waals surface area contributed by atoms with Gasteiger partial charge in [-0.15, -0.1) is 23.1 Å². The average molecular weight is 467 g/mol. The van der Waals surface area contributed by atoms with E-state index in [4.69, 9.17) is 10.5 Å². The van der Waals surface area contributed by atoms with Crippen LogP contribution < -0.4 is 11.1 Å².